The van der Waals surface area contributed by atoms with Gasteiger partial charge in [0, 0.05) is 19.3 Å². The summed E-state index contributed by atoms with van der Waals surface area (Å²) < 4.78 is 16.9. The van der Waals surface area contributed by atoms with Crippen LogP contribution in [0.15, 0.2) is 60.8 Å². The van der Waals surface area contributed by atoms with E-state index >= 15 is 0 Å². The van der Waals surface area contributed by atoms with Crippen LogP contribution in [0.5, 0.6) is 0 Å². The molecule has 0 aromatic heterocycles. The highest BCUT2D eigenvalue weighted by atomic mass is 16.6. The molecule has 0 aromatic rings. The zero-order valence-electron chi connectivity index (χ0n) is 45.1. The van der Waals surface area contributed by atoms with Gasteiger partial charge in [-0.1, -0.05) is 248 Å². The lowest BCUT2D eigenvalue weighted by Gasteiger charge is -2.18. The Balaban J connectivity index is 4.39. The van der Waals surface area contributed by atoms with Crippen LogP contribution >= 0.6 is 0 Å². The summed E-state index contributed by atoms with van der Waals surface area (Å²) in [5.41, 5.74) is 0. The van der Waals surface area contributed by atoms with Gasteiger partial charge >= 0.3 is 17.9 Å². The number of ether oxygens (including phenoxy) is 3. The molecule has 0 heterocycles. The molecule has 0 aliphatic heterocycles. The van der Waals surface area contributed by atoms with E-state index in [1.165, 1.54) is 167 Å². The first kappa shape index (κ1) is 65.1. The molecule has 0 aromatic carbocycles. The Morgan fingerprint density at radius 1 is 0.294 bits per heavy atom. The molecule has 0 rings (SSSR count). The van der Waals surface area contributed by atoms with Crippen molar-refractivity contribution in [2.75, 3.05) is 13.2 Å². The number of rotatable bonds is 53. The molecule has 0 saturated carbocycles. The van der Waals surface area contributed by atoms with E-state index in [1.54, 1.807) is 0 Å². The summed E-state index contributed by atoms with van der Waals surface area (Å²) in [6, 6.07) is 0. The number of hydrogen-bond donors (Lipinski definition) is 0. The van der Waals surface area contributed by atoms with Crippen molar-refractivity contribution < 1.29 is 28.6 Å². The van der Waals surface area contributed by atoms with Gasteiger partial charge in [-0.3, -0.25) is 14.4 Å². The summed E-state index contributed by atoms with van der Waals surface area (Å²) in [4.78, 5) is 38.2. The quantitative estimate of drug-likeness (QED) is 0.0262. The molecule has 0 aliphatic carbocycles. The summed E-state index contributed by atoms with van der Waals surface area (Å²) in [7, 11) is 0. The fourth-order valence-corrected chi connectivity index (χ4v) is 8.30. The Morgan fingerprint density at radius 2 is 0.529 bits per heavy atom. The molecule has 1 unspecified atom stereocenters. The molecule has 68 heavy (non-hydrogen) atoms. The number of hydrogen-bond acceptors (Lipinski definition) is 6. The van der Waals surface area contributed by atoms with Crippen molar-refractivity contribution in [1.29, 1.82) is 0 Å². The highest BCUT2D eigenvalue weighted by Crippen LogP contribution is 2.16. The Bertz CT molecular complexity index is 1230. The van der Waals surface area contributed by atoms with Crippen LogP contribution in [0, 0.1) is 0 Å². The molecule has 0 fully saturated rings. The monoisotopic (exact) mass is 951 g/mol. The second-order valence-electron chi connectivity index (χ2n) is 19.6. The molecule has 1 atom stereocenters. The van der Waals surface area contributed by atoms with Crippen LogP contribution in [0.25, 0.3) is 0 Å². The number of carbonyl (C=O) groups is 3. The third-order valence-electron chi connectivity index (χ3n) is 12.7. The van der Waals surface area contributed by atoms with Gasteiger partial charge in [0.05, 0.1) is 0 Å². The molecule has 6 heteroatoms. The minimum atomic E-state index is -0.782. The van der Waals surface area contributed by atoms with Crippen molar-refractivity contribution in [1.82, 2.24) is 0 Å². The molecular weight excluding hydrogens is 841 g/mol. The van der Waals surface area contributed by atoms with Crippen LogP contribution in [-0.2, 0) is 28.6 Å². The standard InChI is InChI=1S/C62H110O6/c1-4-7-10-13-16-19-22-25-27-29-31-33-34-37-40-43-46-49-52-55-61(64)67-58-59(57-66-60(63)54-51-48-45-42-39-36-24-21-18-15-12-9-6-3)68-62(65)56-53-50-47-44-41-38-35-32-30-28-26-23-20-17-14-11-8-5-2/h16,19-20,23,25,27-28,30-31,33,59H,4-15,17-18,21-22,24,26,29,32,34-58H2,1-3H3/b19-16-,23-20-,27-25-,30-28-,33-31-. The first-order valence-corrected chi connectivity index (χ1v) is 29.3. The van der Waals surface area contributed by atoms with Crippen molar-refractivity contribution >= 4 is 17.9 Å². The van der Waals surface area contributed by atoms with E-state index in [4.69, 9.17) is 14.2 Å². The summed E-state index contributed by atoms with van der Waals surface area (Å²) in [5.74, 6) is -0.888. The number of carbonyl (C=O) groups excluding carboxylic acids is 3. The highest BCUT2D eigenvalue weighted by molar-refractivity contribution is 5.71. The van der Waals surface area contributed by atoms with E-state index in [9.17, 15) is 14.4 Å². The van der Waals surface area contributed by atoms with Gasteiger partial charge in [-0.25, -0.2) is 0 Å². The van der Waals surface area contributed by atoms with E-state index < -0.39 is 6.10 Å². The topological polar surface area (TPSA) is 78.9 Å². The zero-order valence-corrected chi connectivity index (χ0v) is 45.1. The summed E-state index contributed by atoms with van der Waals surface area (Å²) in [6.07, 6.45) is 70.6. The highest BCUT2D eigenvalue weighted by Gasteiger charge is 2.19. The summed E-state index contributed by atoms with van der Waals surface area (Å²) >= 11 is 0. The van der Waals surface area contributed by atoms with Gasteiger partial charge in [0.1, 0.15) is 13.2 Å². The van der Waals surface area contributed by atoms with Crippen molar-refractivity contribution in [3.8, 4) is 0 Å². The fourth-order valence-electron chi connectivity index (χ4n) is 8.30. The van der Waals surface area contributed by atoms with E-state index in [1.807, 2.05) is 0 Å². The second kappa shape index (κ2) is 56.7. The molecule has 6 nitrogen and oxygen atoms in total. The SMILES string of the molecule is CCCCC/C=C\C/C=C\C/C=C\CCCCCCCCC(=O)OCC(COC(=O)CCCCCCCCCCCCCCC)OC(=O)CCCCCCCCC/C=C\C/C=C\CCCCCC. The van der Waals surface area contributed by atoms with Crippen molar-refractivity contribution in [2.45, 2.75) is 303 Å². The Labute approximate surface area is 421 Å². The van der Waals surface area contributed by atoms with Crippen molar-refractivity contribution in [3.05, 3.63) is 60.8 Å². The van der Waals surface area contributed by atoms with Gasteiger partial charge in [0.15, 0.2) is 6.10 Å². The Hall–Kier alpha value is -2.89. The number of allylic oxidation sites excluding steroid dienone is 10. The van der Waals surface area contributed by atoms with Crippen LogP contribution in [0.1, 0.15) is 297 Å². The molecular formula is C62H110O6. The zero-order chi connectivity index (χ0) is 49.3. The van der Waals surface area contributed by atoms with Crippen LogP contribution in [-0.4, -0.2) is 37.2 Å². The lowest BCUT2D eigenvalue weighted by Crippen LogP contribution is -2.30. The summed E-state index contributed by atoms with van der Waals surface area (Å²) in [6.45, 7) is 6.60. The molecule has 0 radical (unpaired) electrons. The van der Waals surface area contributed by atoms with Crippen LogP contribution in [0.2, 0.25) is 0 Å². The smallest absolute Gasteiger partial charge is 0.306 e. The van der Waals surface area contributed by atoms with E-state index in [0.717, 1.165) is 89.9 Å². The first-order chi connectivity index (χ1) is 33.5. The first-order valence-electron chi connectivity index (χ1n) is 29.3. The van der Waals surface area contributed by atoms with Gasteiger partial charge in [-0.05, 0) is 89.9 Å². The van der Waals surface area contributed by atoms with Crippen molar-refractivity contribution in [3.63, 3.8) is 0 Å². The van der Waals surface area contributed by atoms with Crippen LogP contribution in [0.3, 0.4) is 0 Å². The average Bonchev–Trinajstić information content (AvgIpc) is 3.34. The normalized spacial score (nSPS) is 12.5. The number of unbranched alkanes of at least 4 members (excludes halogenated alkanes) is 32. The van der Waals surface area contributed by atoms with E-state index in [0.29, 0.717) is 19.3 Å². The lowest BCUT2D eigenvalue weighted by atomic mass is 10.0. The molecule has 0 N–H and O–H groups in total. The predicted molar refractivity (Wildman–Crippen MR) is 293 cm³/mol. The maximum Gasteiger partial charge on any atom is 0.306 e. The minimum Gasteiger partial charge on any atom is -0.462 e. The molecule has 0 aliphatic rings. The summed E-state index contributed by atoms with van der Waals surface area (Å²) in [5, 5.41) is 0. The van der Waals surface area contributed by atoms with E-state index in [-0.39, 0.29) is 31.1 Å². The third kappa shape index (κ3) is 54.1. The Kier molecular flexibility index (Phi) is 54.3. The fraction of sp³-hybridized carbons (Fsp3) is 0.790. The molecule has 0 amide bonds. The lowest BCUT2D eigenvalue weighted by molar-refractivity contribution is -0.167. The molecule has 0 bridgehead atoms. The maximum absolute atomic E-state index is 12.9. The van der Waals surface area contributed by atoms with Crippen molar-refractivity contribution in [2.24, 2.45) is 0 Å². The van der Waals surface area contributed by atoms with Gasteiger partial charge in [-0.15, -0.1) is 0 Å². The second-order valence-corrected chi connectivity index (χ2v) is 19.6. The van der Waals surface area contributed by atoms with Gasteiger partial charge in [0.25, 0.3) is 0 Å². The number of esters is 3. The molecule has 0 saturated heterocycles. The van der Waals surface area contributed by atoms with Gasteiger partial charge in [-0.2, -0.15) is 0 Å². The van der Waals surface area contributed by atoms with Crippen LogP contribution < -0.4 is 0 Å². The van der Waals surface area contributed by atoms with Gasteiger partial charge < -0.3 is 14.2 Å². The van der Waals surface area contributed by atoms with E-state index in [2.05, 4.69) is 81.5 Å². The average molecular weight is 952 g/mol. The van der Waals surface area contributed by atoms with Crippen LogP contribution in [0.4, 0.5) is 0 Å². The Morgan fingerprint density at radius 3 is 0.868 bits per heavy atom. The predicted octanol–water partition coefficient (Wildman–Crippen LogP) is 19.6. The minimum absolute atomic E-state index is 0.0793. The molecule has 394 valence electrons. The largest absolute Gasteiger partial charge is 0.462 e. The third-order valence-corrected chi connectivity index (χ3v) is 12.7. The van der Waals surface area contributed by atoms with Gasteiger partial charge in [0.2, 0.25) is 0 Å². The maximum atomic E-state index is 12.9. The molecule has 0 spiro atoms.